The lowest BCUT2D eigenvalue weighted by Gasteiger charge is -2.11. The number of hydrogen-bond donors (Lipinski definition) is 0. The van der Waals surface area contributed by atoms with Gasteiger partial charge < -0.3 is 0 Å². The average Bonchev–Trinajstić information content (AvgIpc) is 2.88. The number of nitrogens with zero attached hydrogens (tertiary/aromatic N) is 3. The minimum Gasteiger partial charge on any atom is -0.296 e. The van der Waals surface area contributed by atoms with E-state index in [0.717, 1.165) is 34.9 Å². The van der Waals surface area contributed by atoms with Crippen molar-refractivity contribution in [3.05, 3.63) is 53.9 Å². The molecule has 0 aliphatic rings. The Morgan fingerprint density at radius 3 is 2.67 bits per heavy atom. The molecular formula is C17H17N3O. The van der Waals surface area contributed by atoms with Gasteiger partial charge in [-0.1, -0.05) is 55.5 Å². The van der Waals surface area contributed by atoms with Gasteiger partial charge in [0, 0.05) is 5.39 Å². The van der Waals surface area contributed by atoms with Crippen LogP contribution in [0.15, 0.2) is 42.5 Å². The van der Waals surface area contributed by atoms with Gasteiger partial charge in [0.05, 0.1) is 11.4 Å². The Balaban J connectivity index is 2.23. The highest BCUT2D eigenvalue weighted by molar-refractivity contribution is 5.90. The van der Waals surface area contributed by atoms with Gasteiger partial charge in [0.25, 0.3) is 0 Å². The van der Waals surface area contributed by atoms with Crippen molar-refractivity contribution in [3.8, 4) is 5.69 Å². The summed E-state index contributed by atoms with van der Waals surface area (Å²) in [4.78, 5) is 11.2. The molecule has 0 saturated heterocycles. The maximum absolute atomic E-state index is 11.2. The van der Waals surface area contributed by atoms with E-state index in [4.69, 9.17) is 0 Å². The maximum Gasteiger partial charge on any atom is 0.172 e. The molecule has 21 heavy (non-hydrogen) atoms. The Kier molecular flexibility index (Phi) is 3.52. The number of hydrogen-bond acceptors (Lipinski definition) is 3. The third-order valence-electron chi connectivity index (χ3n) is 3.50. The van der Waals surface area contributed by atoms with Crippen molar-refractivity contribution >= 4 is 17.1 Å². The Morgan fingerprint density at radius 1 is 1.14 bits per heavy atom. The molecule has 0 saturated carbocycles. The Labute approximate surface area is 123 Å². The van der Waals surface area contributed by atoms with E-state index in [1.165, 1.54) is 0 Å². The van der Waals surface area contributed by atoms with Crippen molar-refractivity contribution in [2.45, 2.75) is 20.3 Å². The molecule has 0 spiro atoms. The van der Waals surface area contributed by atoms with Gasteiger partial charge in [0.1, 0.15) is 5.69 Å². The third kappa shape index (κ3) is 2.44. The second-order valence-corrected chi connectivity index (χ2v) is 5.55. The van der Waals surface area contributed by atoms with Crippen LogP contribution in [0.5, 0.6) is 0 Å². The summed E-state index contributed by atoms with van der Waals surface area (Å²) < 4.78 is 1.80. The lowest BCUT2D eigenvalue weighted by Crippen LogP contribution is -2.07. The first-order chi connectivity index (χ1) is 10.2. The lowest BCUT2D eigenvalue weighted by atomic mass is 10.1. The largest absolute Gasteiger partial charge is 0.296 e. The summed E-state index contributed by atoms with van der Waals surface area (Å²) >= 11 is 0. The fourth-order valence-corrected chi connectivity index (χ4v) is 2.57. The molecule has 0 N–H and O–H groups in total. The highest BCUT2D eigenvalue weighted by atomic mass is 16.1. The first-order valence-electron chi connectivity index (χ1n) is 7.08. The number of carbonyl (C=O) groups is 1. The zero-order valence-electron chi connectivity index (χ0n) is 12.2. The van der Waals surface area contributed by atoms with Crippen molar-refractivity contribution in [3.63, 3.8) is 0 Å². The molecule has 0 radical (unpaired) electrons. The second-order valence-electron chi connectivity index (χ2n) is 5.55. The third-order valence-corrected chi connectivity index (χ3v) is 3.50. The van der Waals surface area contributed by atoms with E-state index >= 15 is 0 Å². The van der Waals surface area contributed by atoms with E-state index in [1.807, 2.05) is 24.3 Å². The quantitative estimate of drug-likeness (QED) is 0.687. The smallest absolute Gasteiger partial charge is 0.172 e. The van der Waals surface area contributed by atoms with Crippen LogP contribution in [0.4, 0.5) is 0 Å². The van der Waals surface area contributed by atoms with Gasteiger partial charge in [0.15, 0.2) is 6.29 Å². The zero-order chi connectivity index (χ0) is 14.8. The number of aldehydes is 1. The van der Waals surface area contributed by atoms with Crippen LogP contribution in [0.2, 0.25) is 0 Å². The number of rotatable bonds is 4. The van der Waals surface area contributed by atoms with Crippen molar-refractivity contribution in [1.29, 1.82) is 0 Å². The fourth-order valence-electron chi connectivity index (χ4n) is 2.57. The molecule has 3 aromatic rings. The molecule has 0 amide bonds. The molecule has 3 rings (SSSR count). The minimum atomic E-state index is 0.427. The summed E-state index contributed by atoms with van der Waals surface area (Å²) in [5.74, 6) is 0.427. The van der Waals surface area contributed by atoms with E-state index in [0.29, 0.717) is 11.6 Å². The fraction of sp³-hybridized carbons (Fsp3) is 0.235. The van der Waals surface area contributed by atoms with Crippen LogP contribution in [0.1, 0.15) is 30.0 Å². The molecule has 106 valence electrons. The molecule has 4 nitrogen and oxygen atoms in total. The highest BCUT2D eigenvalue weighted by Gasteiger charge is 2.16. The monoisotopic (exact) mass is 279 g/mol. The molecule has 0 atom stereocenters. The molecule has 0 bridgehead atoms. The van der Waals surface area contributed by atoms with Crippen molar-refractivity contribution < 1.29 is 4.79 Å². The highest BCUT2D eigenvalue weighted by Crippen LogP contribution is 2.24. The molecule has 0 aliphatic heterocycles. The molecule has 0 aliphatic carbocycles. The molecular weight excluding hydrogens is 262 g/mol. The lowest BCUT2D eigenvalue weighted by molar-refractivity contribution is 0.111. The predicted molar refractivity (Wildman–Crippen MR) is 82.8 cm³/mol. The van der Waals surface area contributed by atoms with Crippen LogP contribution in [0, 0.1) is 5.92 Å². The molecule has 4 heteroatoms. The van der Waals surface area contributed by atoms with Gasteiger partial charge in [-0.2, -0.15) is 0 Å². The Hall–Kier alpha value is -2.49. The number of aromatic nitrogens is 3. The van der Waals surface area contributed by atoms with Gasteiger partial charge >= 0.3 is 0 Å². The number of fused-ring (bicyclic) bond motifs is 1. The summed E-state index contributed by atoms with van der Waals surface area (Å²) in [5, 5.41) is 10.5. The SMILES string of the molecule is CC(C)Cc1c(C=O)nnn1-c1cccc2ccccc12. The topological polar surface area (TPSA) is 47.8 Å². The van der Waals surface area contributed by atoms with E-state index < -0.39 is 0 Å². The van der Waals surface area contributed by atoms with Crippen LogP contribution < -0.4 is 0 Å². The normalized spacial score (nSPS) is 11.2. The van der Waals surface area contributed by atoms with E-state index in [-0.39, 0.29) is 0 Å². The van der Waals surface area contributed by atoms with Gasteiger partial charge in [-0.3, -0.25) is 4.79 Å². The zero-order valence-corrected chi connectivity index (χ0v) is 12.2. The van der Waals surface area contributed by atoms with Crippen molar-refractivity contribution in [2.24, 2.45) is 5.92 Å². The van der Waals surface area contributed by atoms with Gasteiger partial charge in [-0.15, -0.1) is 5.10 Å². The molecule has 2 aromatic carbocycles. The summed E-state index contributed by atoms with van der Waals surface area (Å²) in [6.45, 7) is 4.24. The van der Waals surface area contributed by atoms with Crippen LogP contribution in [-0.4, -0.2) is 21.3 Å². The molecule has 0 unspecified atom stereocenters. The van der Waals surface area contributed by atoms with E-state index in [2.05, 4.69) is 42.4 Å². The maximum atomic E-state index is 11.2. The summed E-state index contributed by atoms with van der Waals surface area (Å²) in [6.07, 6.45) is 1.55. The second kappa shape index (κ2) is 5.48. The van der Waals surface area contributed by atoms with Crippen LogP contribution in [0.3, 0.4) is 0 Å². The van der Waals surface area contributed by atoms with Crippen molar-refractivity contribution in [1.82, 2.24) is 15.0 Å². The summed E-state index contributed by atoms with van der Waals surface area (Å²) in [5.41, 5.74) is 2.26. The van der Waals surface area contributed by atoms with Crippen LogP contribution >= 0.6 is 0 Å². The average molecular weight is 279 g/mol. The number of carbonyl (C=O) groups excluding carboxylic acids is 1. The van der Waals surface area contributed by atoms with Crippen LogP contribution in [-0.2, 0) is 6.42 Å². The molecule has 1 heterocycles. The summed E-state index contributed by atoms with van der Waals surface area (Å²) in [7, 11) is 0. The van der Waals surface area contributed by atoms with Gasteiger partial charge in [-0.25, -0.2) is 4.68 Å². The standard InChI is InChI=1S/C17H17N3O/c1-12(2)10-17-15(11-21)18-19-20(17)16-9-5-7-13-6-3-4-8-14(13)16/h3-9,11-12H,10H2,1-2H3. The number of benzene rings is 2. The van der Waals surface area contributed by atoms with E-state index in [9.17, 15) is 4.79 Å². The van der Waals surface area contributed by atoms with Crippen LogP contribution in [0.25, 0.3) is 16.5 Å². The first kappa shape index (κ1) is 13.5. The van der Waals surface area contributed by atoms with Gasteiger partial charge in [0.2, 0.25) is 0 Å². The van der Waals surface area contributed by atoms with Gasteiger partial charge in [-0.05, 0) is 23.8 Å². The molecule has 0 fully saturated rings. The first-order valence-corrected chi connectivity index (χ1v) is 7.08. The summed E-state index contributed by atoms with van der Waals surface area (Å²) in [6, 6.07) is 14.2. The van der Waals surface area contributed by atoms with E-state index in [1.54, 1.807) is 4.68 Å². The minimum absolute atomic E-state index is 0.427. The van der Waals surface area contributed by atoms with Crippen molar-refractivity contribution in [2.75, 3.05) is 0 Å². The molecule has 1 aromatic heterocycles. The predicted octanol–water partition coefficient (Wildman–Crippen LogP) is 3.43. The Morgan fingerprint density at radius 2 is 1.90 bits per heavy atom. The Bertz CT molecular complexity index is 784.